The highest BCUT2D eigenvalue weighted by atomic mass is 35.5. The molecule has 2 unspecified atom stereocenters. The van der Waals surface area contributed by atoms with Gasteiger partial charge in [-0.25, -0.2) is 4.79 Å². The summed E-state index contributed by atoms with van der Waals surface area (Å²) in [5, 5.41) is 3.39. The predicted molar refractivity (Wildman–Crippen MR) is 71.9 cm³/mol. The molecule has 106 valence electrons. The zero-order chi connectivity index (χ0) is 12.5. The van der Waals surface area contributed by atoms with Gasteiger partial charge in [0.1, 0.15) is 5.60 Å². The molecule has 0 spiro atoms. The summed E-state index contributed by atoms with van der Waals surface area (Å²) in [6.45, 7) is 5.53. The molecule has 0 aromatic heterocycles. The van der Waals surface area contributed by atoms with Crippen molar-refractivity contribution in [2.24, 2.45) is 5.92 Å². The van der Waals surface area contributed by atoms with Gasteiger partial charge in [-0.3, -0.25) is 5.32 Å². The Kier molecular flexibility index (Phi) is 5.29. The molecule has 0 radical (unpaired) electrons. The normalized spacial score (nSPS) is 31.2. The van der Waals surface area contributed by atoms with Crippen LogP contribution >= 0.6 is 12.4 Å². The Morgan fingerprint density at radius 1 is 1.22 bits per heavy atom. The first-order valence-corrected chi connectivity index (χ1v) is 6.60. The van der Waals surface area contributed by atoms with Crippen LogP contribution in [0.5, 0.6) is 0 Å². The molecule has 0 aromatic carbocycles. The summed E-state index contributed by atoms with van der Waals surface area (Å²) < 4.78 is 10.5. The average Bonchev–Trinajstić information content (AvgIpc) is 2.55. The molecule has 2 rings (SSSR count). The Morgan fingerprint density at radius 3 is 2.50 bits per heavy atom. The standard InChI is InChI=1S/C13H23NO3.ClH/c1-13(2,3)17-12(15)16-11-8-9-6-4-5-7-10(9)14-11;/h9-11,14H,4-8H2,1-3H3;1H/t9?,10-,11?;/m1./s1. The molecule has 5 heteroatoms. The summed E-state index contributed by atoms with van der Waals surface area (Å²) in [5.74, 6) is 0.677. The molecule has 1 aliphatic heterocycles. The first-order chi connectivity index (χ1) is 7.94. The number of fused-ring (bicyclic) bond motifs is 1. The van der Waals surface area contributed by atoms with Crippen molar-refractivity contribution < 1.29 is 14.3 Å². The number of nitrogens with one attached hydrogen (secondary N) is 1. The predicted octanol–water partition coefficient (Wildman–Crippen LogP) is 3.24. The van der Waals surface area contributed by atoms with Gasteiger partial charge < -0.3 is 9.47 Å². The first kappa shape index (κ1) is 15.6. The van der Waals surface area contributed by atoms with Crippen LogP contribution < -0.4 is 5.32 Å². The smallest absolute Gasteiger partial charge is 0.429 e. The lowest BCUT2D eigenvalue weighted by atomic mass is 9.85. The van der Waals surface area contributed by atoms with Crippen LogP contribution in [-0.4, -0.2) is 24.0 Å². The van der Waals surface area contributed by atoms with Gasteiger partial charge in [0.05, 0.1) is 0 Å². The summed E-state index contributed by atoms with van der Waals surface area (Å²) in [7, 11) is 0. The Hall–Kier alpha value is -0.480. The zero-order valence-electron chi connectivity index (χ0n) is 11.4. The van der Waals surface area contributed by atoms with Crippen molar-refractivity contribution in [1.82, 2.24) is 5.32 Å². The number of hydrogen-bond acceptors (Lipinski definition) is 4. The van der Waals surface area contributed by atoms with Crippen molar-refractivity contribution in [3.63, 3.8) is 0 Å². The fraction of sp³-hybridized carbons (Fsp3) is 0.923. The maximum atomic E-state index is 11.5. The van der Waals surface area contributed by atoms with E-state index in [2.05, 4.69) is 5.32 Å². The molecule has 3 atom stereocenters. The number of carbonyl (C=O) groups excluding carboxylic acids is 1. The molecule has 2 aliphatic rings. The minimum Gasteiger partial charge on any atom is -0.429 e. The summed E-state index contributed by atoms with van der Waals surface area (Å²) in [6.07, 6.45) is 5.27. The summed E-state index contributed by atoms with van der Waals surface area (Å²) >= 11 is 0. The van der Waals surface area contributed by atoms with Gasteiger partial charge in [-0.15, -0.1) is 12.4 Å². The second-order valence-corrected chi connectivity index (χ2v) is 6.12. The molecular formula is C13H24ClNO3. The largest absolute Gasteiger partial charge is 0.510 e. The van der Waals surface area contributed by atoms with Crippen molar-refractivity contribution in [2.45, 2.75) is 70.7 Å². The highest BCUT2D eigenvalue weighted by Gasteiger charge is 2.37. The second kappa shape index (κ2) is 6.11. The van der Waals surface area contributed by atoms with E-state index in [0.717, 1.165) is 6.42 Å². The SMILES string of the molecule is CC(C)(C)OC(=O)OC1CC2CCCC[C@H]2N1.Cl. The van der Waals surface area contributed by atoms with Gasteiger partial charge in [-0.2, -0.15) is 0 Å². The highest BCUT2D eigenvalue weighted by Crippen LogP contribution is 2.33. The second-order valence-electron chi connectivity index (χ2n) is 6.12. The summed E-state index contributed by atoms with van der Waals surface area (Å²) in [4.78, 5) is 11.5. The number of carbonyl (C=O) groups is 1. The van der Waals surface area contributed by atoms with E-state index in [4.69, 9.17) is 9.47 Å². The number of hydrogen-bond donors (Lipinski definition) is 1. The van der Waals surface area contributed by atoms with E-state index in [1.54, 1.807) is 0 Å². The molecule has 0 bridgehead atoms. The van der Waals surface area contributed by atoms with Crippen molar-refractivity contribution in [3.05, 3.63) is 0 Å². The van der Waals surface area contributed by atoms with Crippen molar-refractivity contribution in [2.75, 3.05) is 0 Å². The minimum absolute atomic E-state index is 0. The van der Waals surface area contributed by atoms with Gasteiger partial charge in [-0.05, 0) is 39.5 Å². The lowest BCUT2D eigenvalue weighted by Crippen LogP contribution is -2.36. The van der Waals surface area contributed by atoms with Crippen LogP contribution in [0.15, 0.2) is 0 Å². The van der Waals surface area contributed by atoms with Crippen LogP contribution in [0.25, 0.3) is 0 Å². The Bertz CT molecular complexity index is 276. The molecule has 1 aliphatic carbocycles. The molecule has 1 heterocycles. The Morgan fingerprint density at radius 2 is 1.89 bits per heavy atom. The highest BCUT2D eigenvalue weighted by molar-refractivity contribution is 5.85. The number of rotatable bonds is 1. The topological polar surface area (TPSA) is 47.6 Å². The van der Waals surface area contributed by atoms with E-state index in [9.17, 15) is 4.79 Å². The van der Waals surface area contributed by atoms with Crippen molar-refractivity contribution in [3.8, 4) is 0 Å². The first-order valence-electron chi connectivity index (χ1n) is 6.60. The van der Waals surface area contributed by atoms with Gasteiger partial charge >= 0.3 is 6.16 Å². The van der Waals surface area contributed by atoms with Gasteiger partial charge in [-0.1, -0.05) is 12.8 Å². The molecule has 0 amide bonds. The molecule has 2 fully saturated rings. The third kappa shape index (κ3) is 4.32. The quantitative estimate of drug-likeness (QED) is 0.748. The van der Waals surface area contributed by atoms with Gasteiger partial charge in [0.15, 0.2) is 6.23 Å². The van der Waals surface area contributed by atoms with Gasteiger partial charge in [0.25, 0.3) is 0 Å². The molecule has 1 saturated heterocycles. The fourth-order valence-corrected chi connectivity index (χ4v) is 2.76. The Balaban J connectivity index is 0.00000162. The third-order valence-electron chi connectivity index (χ3n) is 3.45. The maximum Gasteiger partial charge on any atom is 0.510 e. The van der Waals surface area contributed by atoms with E-state index < -0.39 is 11.8 Å². The zero-order valence-corrected chi connectivity index (χ0v) is 12.2. The van der Waals surface area contributed by atoms with Crippen LogP contribution in [0.4, 0.5) is 4.79 Å². The molecule has 1 saturated carbocycles. The van der Waals surface area contributed by atoms with Crippen LogP contribution in [0.1, 0.15) is 52.9 Å². The number of ether oxygens (including phenoxy) is 2. The molecular weight excluding hydrogens is 254 g/mol. The van der Waals surface area contributed by atoms with Crippen LogP contribution in [0, 0.1) is 5.92 Å². The van der Waals surface area contributed by atoms with Crippen molar-refractivity contribution >= 4 is 18.6 Å². The van der Waals surface area contributed by atoms with E-state index in [-0.39, 0.29) is 18.6 Å². The Labute approximate surface area is 115 Å². The third-order valence-corrected chi connectivity index (χ3v) is 3.45. The van der Waals surface area contributed by atoms with E-state index in [1.165, 1.54) is 25.7 Å². The minimum atomic E-state index is -0.561. The molecule has 1 N–H and O–H groups in total. The van der Waals surface area contributed by atoms with Crippen LogP contribution in [-0.2, 0) is 9.47 Å². The summed E-state index contributed by atoms with van der Waals surface area (Å²) in [6, 6.07) is 0.538. The van der Waals surface area contributed by atoms with Crippen LogP contribution in [0.3, 0.4) is 0 Å². The fourth-order valence-electron chi connectivity index (χ4n) is 2.76. The van der Waals surface area contributed by atoms with E-state index in [1.807, 2.05) is 20.8 Å². The lowest BCUT2D eigenvalue weighted by Gasteiger charge is -2.23. The van der Waals surface area contributed by atoms with E-state index >= 15 is 0 Å². The monoisotopic (exact) mass is 277 g/mol. The number of halogens is 1. The molecule has 18 heavy (non-hydrogen) atoms. The van der Waals surface area contributed by atoms with Crippen LogP contribution in [0.2, 0.25) is 0 Å². The van der Waals surface area contributed by atoms with Gasteiger partial charge in [0.2, 0.25) is 0 Å². The summed E-state index contributed by atoms with van der Waals surface area (Å²) in [5.41, 5.74) is -0.484. The lowest BCUT2D eigenvalue weighted by molar-refractivity contribution is -0.0308. The average molecular weight is 278 g/mol. The maximum absolute atomic E-state index is 11.5. The van der Waals surface area contributed by atoms with Gasteiger partial charge in [0, 0.05) is 12.5 Å². The van der Waals surface area contributed by atoms with E-state index in [0.29, 0.717) is 12.0 Å². The molecule has 4 nitrogen and oxygen atoms in total. The van der Waals surface area contributed by atoms with Crippen molar-refractivity contribution in [1.29, 1.82) is 0 Å². The molecule has 0 aromatic rings.